The number of methoxy groups -OCH3 is 1. The quantitative estimate of drug-likeness (QED) is 0.700. The first-order valence-electron chi connectivity index (χ1n) is 6.51. The SMILES string of the molecule is CCCNCC(COC)Cc1cccc(C)c1. The van der Waals surface area contributed by atoms with Crippen LogP contribution in [0.3, 0.4) is 0 Å². The molecule has 0 fully saturated rings. The van der Waals surface area contributed by atoms with Crippen molar-refractivity contribution in [1.29, 1.82) is 0 Å². The number of benzene rings is 1. The van der Waals surface area contributed by atoms with Gasteiger partial charge in [-0.3, -0.25) is 0 Å². The van der Waals surface area contributed by atoms with Crippen LogP contribution in [0.2, 0.25) is 0 Å². The Kier molecular flexibility index (Phi) is 6.90. The lowest BCUT2D eigenvalue weighted by atomic mass is 9.98. The third kappa shape index (κ3) is 5.85. The van der Waals surface area contributed by atoms with Crippen molar-refractivity contribution in [3.63, 3.8) is 0 Å². The summed E-state index contributed by atoms with van der Waals surface area (Å²) in [5, 5.41) is 3.47. The highest BCUT2D eigenvalue weighted by Crippen LogP contribution is 2.11. The van der Waals surface area contributed by atoms with Crippen molar-refractivity contribution < 1.29 is 4.74 Å². The van der Waals surface area contributed by atoms with Crippen molar-refractivity contribution in [2.24, 2.45) is 5.92 Å². The van der Waals surface area contributed by atoms with Crippen LogP contribution in [0.5, 0.6) is 0 Å². The summed E-state index contributed by atoms with van der Waals surface area (Å²) in [7, 11) is 1.78. The van der Waals surface area contributed by atoms with Gasteiger partial charge in [-0.05, 0) is 37.8 Å². The number of ether oxygens (including phenoxy) is 1. The fraction of sp³-hybridized carbons (Fsp3) is 0.600. The van der Waals surface area contributed by atoms with E-state index in [1.54, 1.807) is 7.11 Å². The Bertz CT molecular complexity index is 312. The molecule has 1 rings (SSSR count). The molecule has 1 aromatic rings. The fourth-order valence-electron chi connectivity index (χ4n) is 2.08. The molecule has 0 aliphatic heterocycles. The zero-order chi connectivity index (χ0) is 12.5. The van der Waals surface area contributed by atoms with Gasteiger partial charge in [0.05, 0.1) is 6.61 Å². The van der Waals surface area contributed by atoms with Crippen molar-refractivity contribution in [2.45, 2.75) is 26.7 Å². The van der Waals surface area contributed by atoms with Crippen molar-refractivity contribution in [1.82, 2.24) is 5.32 Å². The van der Waals surface area contributed by atoms with Gasteiger partial charge in [0.25, 0.3) is 0 Å². The second-order valence-electron chi connectivity index (χ2n) is 4.72. The van der Waals surface area contributed by atoms with Gasteiger partial charge in [-0.25, -0.2) is 0 Å². The second-order valence-corrected chi connectivity index (χ2v) is 4.72. The molecular formula is C15H25NO. The molecule has 0 aliphatic rings. The van der Waals surface area contributed by atoms with Crippen LogP contribution in [0.1, 0.15) is 24.5 Å². The van der Waals surface area contributed by atoms with Gasteiger partial charge in [0, 0.05) is 13.7 Å². The molecule has 1 N–H and O–H groups in total. The molecule has 17 heavy (non-hydrogen) atoms. The maximum atomic E-state index is 5.30. The maximum Gasteiger partial charge on any atom is 0.0505 e. The van der Waals surface area contributed by atoms with Crippen LogP contribution in [0.4, 0.5) is 0 Å². The molecule has 0 radical (unpaired) electrons. The van der Waals surface area contributed by atoms with Crippen LogP contribution in [0.15, 0.2) is 24.3 Å². The van der Waals surface area contributed by atoms with E-state index in [4.69, 9.17) is 4.74 Å². The van der Waals surface area contributed by atoms with Gasteiger partial charge >= 0.3 is 0 Å². The smallest absolute Gasteiger partial charge is 0.0505 e. The molecule has 0 saturated heterocycles. The molecule has 0 aliphatic carbocycles. The van der Waals surface area contributed by atoms with E-state index < -0.39 is 0 Å². The highest BCUT2D eigenvalue weighted by Gasteiger charge is 2.09. The second kappa shape index (κ2) is 8.26. The van der Waals surface area contributed by atoms with E-state index >= 15 is 0 Å². The lowest BCUT2D eigenvalue weighted by Crippen LogP contribution is -2.27. The molecule has 96 valence electrons. The molecule has 0 saturated carbocycles. The van der Waals surface area contributed by atoms with Crippen LogP contribution in [-0.2, 0) is 11.2 Å². The molecule has 1 aromatic carbocycles. The molecule has 0 spiro atoms. The zero-order valence-electron chi connectivity index (χ0n) is 11.3. The lowest BCUT2D eigenvalue weighted by molar-refractivity contribution is 0.151. The molecule has 0 bridgehead atoms. The third-order valence-electron chi connectivity index (χ3n) is 2.87. The summed E-state index contributed by atoms with van der Waals surface area (Å²) in [6.45, 7) is 7.29. The summed E-state index contributed by atoms with van der Waals surface area (Å²) in [5.41, 5.74) is 2.74. The van der Waals surface area contributed by atoms with Crippen LogP contribution < -0.4 is 5.32 Å². The average Bonchev–Trinajstić information content (AvgIpc) is 2.29. The molecule has 0 aromatic heterocycles. The van der Waals surface area contributed by atoms with Crippen LogP contribution >= 0.6 is 0 Å². The van der Waals surface area contributed by atoms with Gasteiger partial charge in [0.2, 0.25) is 0 Å². The van der Waals surface area contributed by atoms with E-state index in [0.29, 0.717) is 5.92 Å². The summed E-state index contributed by atoms with van der Waals surface area (Å²) >= 11 is 0. The molecular weight excluding hydrogens is 210 g/mol. The standard InChI is InChI=1S/C15H25NO/c1-4-8-16-11-15(12-17-3)10-14-7-5-6-13(2)9-14/h5-7,9,15-16H,4,8,10-12H2,1-3H3. The van der Waals surface area contributed by atoms with Crippen molar-refractivity contribution in [2.75, 3.05) is 26.8 Å². The van der Waals surface area contributed by atoms with Gasteiger partial charge in [0.15, 0.2) is 0 Å². The number of rotatable bonds is 8. The lowest BCUT2D eigenvalue weighted by Gasteiger charge is -2.17. The monoisotopic (exact) mass is 235 g/mol. The first kappa shape index (κ1) is 14.2. The van der Waals surface area contributed by atoms with E-state index in [2.05, 4.69) is 43.4 Å². The zero-order valence-corrected chi connectivity index (χ0v) is 11.3. The Morgan fingerprint density at radius 3 is 2.82 bits per heavy atom. The molecule has 0 amide bonds. The van der Waals surface area contributed by atoms with Gasteiger partial charge < -0.3 is 10.1 Å². The minimum Gasteiger partial charge on any atom is -0.384 e. The molecule has 1 atom stereocenters. The Balaban J connectivity index is 2.47. The molecule has 1 unspecified atom stereocenters. The minimum atomic E-state index is 0.563. The van der Waals surface area contributed by atoms with Crippen molar-refractivity contribution >= 4 is 0 Å². The summed E-state index contributed by atoms with van der Waals surface area (Å²) in [5.74, 6) is 0.563. The van der Waals surface area contributed by atoms with Crippen LogP contribution in [-0.4, -0.2) is 26.8 Å². The number of hydrogen-bond donors (Lipinski definition) is 1. The molecule has 2 heteroatoms. The maximum absolute atomic E-state index is 5.30. The van der Waals surface area contributed by atoms with E-state index in [0.717, 1.165) is 26.1 Å². The van der Waals surface area contributed by atoms with Gasteiger partial charge in [0.1, 0.15) is 0 Å². The predicted molar refractivity (Wildman–Crippen MR) is 73.4 cm³/mol. The Hall–Kier alpha value is -0.860. The van der Waals surface area contributed by atoms with Gasteiger partial charge in [-0.15, -0.1) is 0 Å². The molecule has 0 heterocycles. The number of aryl methyl sites for hydroxylation is 1. The van der Waals surface area contributed by atoms with Crippen molar-refractivity contribution in [3.05, 3.63) is 35.4 Å². The van der Waals surface area contributed by atoms with E-state index in [1.807, 2.05) is 0 Å². The van der Waals surface area contributed by atoms with Gasteiger partial charge in [-0.1, -0.05) is 36.8 Å². The first-order valence-corrected chi connectivity index (χ1v) is 6.51. The molecule has 2 nitrogen and oxygen atoms in total. The minimum absolute atomic E-state index is 0.563. The largest absolute Gasteiger partial charge is 0.384 e. The first-order chi connectivity index (χ1) is 8.26. The Morgan fingerprint density at radius 1 is 1.35 bits per heavy atom. The van der Waals surface area contributed by atoms with Crippen molar-refractivity contribution in [3.8, 4) is 0 Å². The number of nitrogens with one attached hydrogen (secondary N) is 1. The highest BCUT2D eigenvalue weighted by molar-refractivity contribution is 5.22. The Labute approximate surface area is 105 Å². The van der Waals surface area contributed by atoms with E-state index in [1.165, 1.54) is 17.5 Å². The third-order valence-corrected chi connectivity index (χ3v) is 2.87. The summed E-state index contributed by atoms with van der Waals surface area (Å²) in [6, 6.07) is 8.75. The topological polar surface area (TPSA) is 21.3 Å². The van der Waals surface area contributed by atoms with Crippen LogP contribution in [0.25, 0.3) is 0 Å². The van der Waals surface area contributed by atoms with Gasteiger partial charge in [-0.2, -0.15) is 0 Å². The summed E-state index contributed by atoms with van der Waals surface area (Å²) < 4.78 is 5.30. The number of hydrogen-bond acceptors (Lipinski definition) is 2. The predicted octanol–water partition coefficient (Wildman–Crippen LogP) is 2.80. The Morgan fingerprint density at radius 2 is 2.18 bits per heavy atom. The van der Waals surface area contributed by atoms with E-state index in [-0.39, 0.29) is 0 Å². The van der Waals surface area contributed by atoms with Crippen LogP contribution in [0, 0.1) is 12.8 Å². The van der Waals surface area contributed by atoms with E-state index in [9.17, 15) is 0 Å². The highest BCUT2D eigenvalue weighted by atomic mass is 16.5. The fourth-order valence-corrected chi connectivity index (χ4v) is 2.08. The normalized spacial score (nSPS) is 12.6. The average molecular weight is 235 g/mol. The summed E-state index contributed by atoms with van der Waals surface area (Å²) in [4.78, 5) is 0. The summed E-state index contributed by atoms with van der Waals surface area (Å²) in [6.07, 6.45) is 2.27.